The van der Waals surface area contributed by atoms with E-state index in [2.05, 4.69) is 20.9 Å². The fraction of sp³-hybridized carbons (Fsp3) is 0.391. The number of furan rings is 1. The third-order valence-electron chi connectivity index (χ3n) is 5.86. The number of carbonyl (C=O) groups is 2. The Bertz CT molecular complexity index is 1040. The Kier molecular flexibility index (Phi) is 6.36. The first-order valence-electron chi connectivity index (χ1n) is 10.6. The first-order chi connectivity index (χ1) is 15.1. The van der Waals surface area contributed by atoms with Gasteiger partial charge in [-0.25, -0.2) is 4.39 Å². The Morgan fingerprint density at radius 3 is 2.77 bits per heavy atom. The van der Waals surface area contributed by atoms with Crippen molar-refractivity contribution in [2.45, 2.75) is 37.6 Å². The largest absolute Gasteiger partial charge is 0.469 e. The number of aromatic nitrogens is 1. The summed E-state index contributed by atoms with van der Waals surface area (Å²) in [5.74, 6) is 0.115. The maximum Gasteiger partial charge on any atom is 0.245 e. The smallest absolute Gasteiger partial charge is 0.245 e. The number of aryl methyl sites for hydroxylation is 1. The Morgan fingerprint density at radius 2 is 2.00 bits per heavy atom. The summed E-state index contributed by atoms with van der Waals surface area (Å²) < 4.78 is 18.9. The summed E-state index contributed by atoms with van der Waals surface area (Å²) in [7, 11) is 0. The molecule has 4 N–H and O–H groups in total. The average Bonchev–Trinajstić information content (AvgIpc) is 3.43. The quantitative estimate of drug-likeness (QED) is 0.445. The highest BCUT2D eigenvalue weighted by Crippen LogP contribution is 2.21. The molecular weight excluding hydrogens is 399 g/mol. The Balaban J connectivity index is 1.35. The van der Waals surface area contributed by atoms with Crippen molar-refractivity contribution in [1.29, 1.82) is 0 Å². The number of nitrogens with one attached hydrogen (secondary N) is 4. The molecule has 31 heavy (non-hydrogen) atoms. The van der Waals surface area contributed by atoms with Crippen molar-refractivity contribution < 1.29 is 18.4 Å². The normalized spacial score (nSPS) is 15.6. The molecule has 3 aromatic rings. The number of H-pyrrole nitrogens is 1. The first kappa shape index (κ1) is 21.1. The lowest BCUT2D eigenvalue weighted by Crippen LogP contribution is -2.63. The van der Waals surface area contributed by atoms with Crippen molar-refractivity contribution in [2.24, 2.45) is 0 Å². The zero-order valence-electron chi connectivity index (χ0n) is 17.3. The lowest BCUT2D eigenvalue weighted by molar-refractivity contribution is -0.134. The minimum Gasteiger partial charge on any atom is -0.469 e. The molecular formula is C23H27FN4O3. The number of hydrogen-bond donors (Lipinski definition) is 4. The van der Waals surface area contributed by atoms with Gasteiger partial charge in [0.25, 0.3) is 0 Å². The van der Waals surface area contributed by atoms with Crippen LogP contribution in [-0.4, -0.2) is 42.0 Å². The number of benzene rings is 1. The van der Waals surface area contributed by atoms with E-state index in [4.69, 9.17) is 4.42 Å². The van der Waals surface area contributed by atoms with Gasteiger partial charge in [0.05, 0.1) is 6.26 Å². The summed E-state index contributed by atoms with van der Waals surface area (Å²) in [5, 5.41) is 10.0. The molecule has 0 bridgehead atoms. The highest BCUT2D eigenvalue weighted by atomic mass is 19.1. The van der Waals surface area contributed by atoms with Crippen molar-refractivity contribution in [2.75, 3.05) is 19.6 Å². The van der Waals surface area contributed by atoms with E-state index in [0.717, 1.165) is 22.2 Å². The maximum absolute atomic E-state index is 13.6. The van der Waals surface area contributed by atoms with Crippen LogP contribution in [-0.2, 0) is 22.4 Å². The van der Waals surface area contributed by atoms with E-state index < -0.39 is 5.54 Å². The number of fused-ring (bicyclic) bond motifs is 1. The van der Waals surface area contributed by atoms with Crippen LogP contribution in [0.15, 0.2) is 47.2 Å². The van der Waals surface area contributed by atoms with Crippen LogP contribution in [0.1, 0.15) is 30.6 Å². The number of carbonyl (C=O) groups excluding carboxylic acids is 2. The Morgan fingerprint density at radius 1 is 1.16 bits per heavy atom. The van der Waals surface area contributed by atoms with Gasteiger partial charge in [-0.2, -0.15) is 0 Å². The minimum atomic E-state index is -0.919. The molecule has 7 nitrogen and oxygen atoms in total. The van der Waals surface area contributed by atoms with E-state index in [1.807, 2.05) is 12.3 Å². The third kappa shape index (κ3) is 4.96. The topological polar surface area (TPSA) is 99.2 Å². The first-order valence-corrected chi connectivity index (χ1v) is 10.6. The summed E-state index contributed by atoms with van der Waals surface area (Å²) in [6, 6.07) is 8.24. The Labute approximate surface area is 179 Å². The van der Waals surface area contributed by atoms with Gasteiger partial charge in [-0.05, 0) is 68.2 Å². The van der Waals surface area contributed by atoms with Crippen molar-refractivity contribution in [3.63, 3.8) is 0 Å². The molecule has 2 amide bonds. The molecule has 0 spiro atoms. The number of halogens is 1. The fourth-order valence-corrected chi connectivity index (χ4v) is 4.12. The molecule has 0 atom stereocenters. The lowest BCUT2D eigenvalue weighted by Gasteiger charge is -2.37. The summed E-state index contributed by atoms with van der Waals surface area (Å²) >= 11 is 0. The zero-order chi connectivity index (χ0) is 21.7. The van der Waals surface area contributed by atoms with Gasteiger partial charge in [0.15, 0.2) is 0 Å². The SMILES string of the molecule is O=C(CCc1ccco1)NC1(C(=O)NCCc2c[nH]c3ccc(F)cc23)CCNCC1. The number of rotatable bonds is 8. The molecule has 164 valence electrons. The van der Waals surface area contributed by atoms with Crippen LogP contribution in [0.3, 0.4) is 0 Å². The van der Waals surface area contributed by atoms with Crippen LogP contribution in [0.4, 0.5) is 4.39 Å². The van der Waals surface area contributed by atoms with E-state index in [1.54, 1.807) is 18.4 Å². The zero-order valence-corrected chi connectivity index (χ0v) is 17.3. The van der Waals surface area contributed by atoms with Crippen LogP contribution in [0.2, 0.25) is 0 Å². The molecule has 0 unspecified atom stereocenters. The summed E-state index contributed by atoms with van der Waals surface area (Å²) in [6.07, 6.45) is 5.80. The number of hydrogen-bond acceptors (Lipinski definition) is 4. The summed E-state index contributed by atoms with van der Waals surface area (Å²) in [6.45, 7) is 1.72. The molecule has 0 radical (unpaired) electrons. The van der Waals surface area contributed by atoms with Gasteiger partial charge in [0, 0.05) is 36.5 Å². The Hall–Kier alpha value is -3.13. The predicted molar refractivity (Wildman–Crippen MR) is 115 cm³/mol. The van der Waals surface area contributed by atoms with Gasteiger partial charge in [0.1, 0.15) is 17.1 Å². The van der Waals surface area contributed by atoms with Crippen LogP contribution in [0, 0.1) is 5.82 Å². The predicted octanol–water partition coefficient (Wildman–Crippen LogP) is 2.43. The number of piperidine rings is 1. The maximum atomic E-state index is 13.6. The average molecular weight is 426 g/mol. The summed E-state index contributed by atoms with van der Waals surface area (Å²) in [4.78, 5) is 28.8. The number of amides is 2. The standard InChI is InChI=1S/C23H27FN4O3/c24-17-3-5-20-19(14-17)16(15-27-20)7-10-26-22(30)23(8-11-25-12-9-23)28-21(29)6-4-18-2-1-13-31-18/h1-3,5,13-15,25,27H,4,6-12H2,(H,26,30)(H,28,29). The van der Waals surface area contributed by atoms with Crippen molar-refractivity contribution >= 4 is 22.7 Å². The van der Waals surface area contributed by atoms with Crippen LogP contribution >= 0.6 is 0 Å². The molecule has 3 heterocycles. The molecule has 1 aromatic carbocycles. The highest BCUT2D eigenvalue weighted by Gasteiger charge is 2.40. The van der Waals surface area contributed by atoms with E-state index in [0.29, 0.717) is 45.3 Å². The minimum absolute atomic E-state index is 0.166. The molecule has 1 fully saturated rings. The van der Waals surface area contributed by atoms with Gasteiger partial charge in [-0.15, -0.1) is 0 Å². The van der Waals surface area contributed by atoms with Crippen LogP contribution in [0.5, 0.6) is 0 Å². The van der Waals surface area contributed by atoms with Crippen molar-refractivity contribution in [1.82, 2.24) is 20.9 Å². The van der Waals surface area contributed by atoms with E-state index in [1.165, 1.54) is 12.1 Å². The van der Waals surface area contributed by atoms with Crippen molar-refractivity contribution in [3.8, 4) is 0 Å². The van der Waals surface area contributed by atoms with Gasteiger partial charge in [-0.1, -0.05) is 0 Å². The second-order valence-corrected chi connectivity index (χ2v) is 7.97. The van der Waals surface area contributed by atoms with Gasteiger partial charge < -0.3 is 25.4 Å². The van der Waals surface area contributed by atoms with Crippen LogP contribution in [0.25, 0.3) is 10.9 Å². The van der Waals surface area contributed by atoms with Crippen molar-refractivity contribution in [3.05, 3.63) is 59.9 Å². The molecule has 1 aliphatic rings. The van der Waals surface area contributed by atoms with E-state index in [9.17, 15) is 14.0 Å². The second kappa shape index (κ2) is 9.34. The molecule has 0 saturated carbocycles. The lowest BCUT2D eigenvalue weighted by atomic mass is 9.86. The molecule has 2 aromatic heterocycles. The second-order valence-electron chi connectivity index (χ2n) is 7.97. The molecule has 4 rings (SSSR count). The van der Waals surface area contributed by atoms with Gasteiger partial charge in [-0.3, -0.25) is 9.59 Å². The third-order valence-corrected chi connectivity index (χ3v) is 5.86. The van der Waals surface area contributed by atoms with Gasteiger partial charge in [0.2, 0.25) is 11.8 Å². The van der Waals surface area contributed by atoms with Gasteiger partial charge >= 0.3 is 0 Å². The molecule has 1 aliphatic heterocycles. The summed E-state index contributed by atoms with van der Waals surface area (Å²) in [5.41, 5.74) is 0.885. The van der Waals surface area contributed by atoms with E-state index in [-0.39, 0.29) is 24.1 Å². The number of aromatic amines is 1. The monoisotopic (exact) mass is 426 g/mol. The molecule has 8 heteroatoms. The van der Waals surface area contributed by atoms with Crippen LogP contribution < -0.4 is 16.0 Å². The molecule has 1 saturated heterocycles. The fourth-order valence-electron chi connectivity index (χ4n) is 4.12. The molecule has 0 aliphatic carbocycles. The highest BCUT2D eigenvalue weighted by molar-refractivity contribution is 5.91. The van der Waals surface area contributed by atoms with E-state index >= 15 is 0 Å².